The second-order valence-corrected chi connectivity index (χ2v) is 6.02. The van der Waals surface area contributed by atoms with Crippen LogP contribution in [0.1, 0.15) is 49.7 Å². The molecule has 0 aliphatic heterocycles. The summed E-state index contributed by atoms with van der Waals surface area (Å²) in [6.45, 7) is 4.22. The molecule has 3 heteroatoms. The third-order valence-electron chi connectivity index (χ3n) is 4.38. The molecule has 0 radical (unpaired) electrons. The molecule has 0 heterocycles. The maximum atomic E-state index is 10.6. The lowest BCUT2D eigenvalue weighted by atomic mass is 9.79. The van der Waals surface area contributed by atoms with Crippen LogP contribution in [0, 0.1) is 0 Å². The van der Waals surface area contributed by atoms with Crippen molar-refractivity contribution in [2.45, 2.75) is 44.1 Å². The van der Waals surface area contributed by atoms with Gasteiger partial charge in [0.05, 0.1) is 12.2 Å². The van der Waals surface area contributed by atoms with Crippen molar-refractivity contribution in [3.8, 4) is 0 Å². The van der Waals surface area contributed by atoms with Crippen LogP contribution in [0.3, 0.4) is 0 Å². The number of nitrogens with one attached hydrogen (secondary N) is 1. The number of benzene rings is 1. The van der Waals surface area contributed by atoms with Crippen LogP contribution >= 0.6 is 0 Å². The molecule has 3 nitrogen and oxygen atoms in total. The number of hydrogen-bond donors (Lipinski definition) is 2. The lowest BCUT2D eigenvalue weighted by molar-refractivity contribution is 0.0475. The van der Waals surface area contributed by atoms with Crippen LogP contribution in [0.25, 0.3) is 0 Å². The van der Waals surface area contributed by atoms with Gasteiger partial charge in [0, 0.05) is 13.7 Å². The van der Waals surface area contributed by atoms with Gasteiger partial charge >= 0.3 is 0 Å². The Morgan fingerprint density at radius 2 is 1.95 bits per heavy atom. The molecule has 0 amide bonds. The summed E-state index contributed by atoms with van der Waals surface area (Å²) in [7, 11) is 1.70. The highest BCUT2D eigenvalue weighted by Crippen LogP contribution is 2.37. The molecule has 112 valence electrons. The van der Waals surface area contributed by atoms with Gasteiger partial charge in [-0.1, -0.05) is 30.7 Å². The van der Waals surface area contributed by atoms with E-state index in [1.165, 1.54) is 24.8 Å². The molecule has 0 spiro atoms. The molecule has 1 atom stereocenters. The van der Waals surface area contributed by atoms with Gasteiger partial charge in [-0.05, 0) is 49.8 Å². The average Bonchev–Trinajstić information content (AvgIpc) is 2.37. The molecular weight excluding hydrogens is 250 g/mol. The minimum Gasteiger partial charge on any atom is -0.385 e. The standard InChI is InChI=1S/C17H27NO2/c1-17(19,10-11-18-12-13-20-2)16-8-6-15(7-9-16)14-4-3-5-14/h6-9,14,18-19H,3-5,10-13H2,1-2H3. The van der Waals surface area contributed by atoms with E-state index in [9.17, 15) is 5.11 Å². The Kier molecular flexibility index (Phi) is 5.58. The Morgan fingerprint density at radius 1 is 1.25 bits per heavy atom. The van der Waals surface area contributed by atoms with Crippen molar-refractivity contribution in [1.82, 2.24) is 5.32 Å². The van der Waals surface area contributed by atoms with E-state index in [0.717, 1.165) is 24.6 Å². The highest BCUT2D eigenvalue weighted by atomic mass is 16.5. The number of hydrogen-bond acceptors (Lipinski definition) is 3. The van der Waals surface area contributed by atoms with Crippen molar-refractivity contribution in [3.63, 3.8) is 0 Å². The van der Waals surface area contributed by atoms with Gasteiger partial charge in [-0.2, -0.15) is 0 Å². The average molecular weight is 277 g/mol. The van der Waals surface area contributed by atoms with E-state index in [0.29, 0.717) is 13.0 Å². The van der Waals surface area contributed by atoms with Crippen LogP contribution in [0.5, 0.6) is 0 Å². The Labute approximate surface area is 122 Å². The molecule has 0 saturated heterocycles. The summed E-state index contributed by atoms with van der Waals surface area (Å²) >= 11 is 0. The molecule has 1 aliphatic rings. The van der Waals surface area contributed by atoms with Crippen LogP contribution in [0.15, 0.2) is 24.3 Å². The fourth-order valence-electron chi connectivity index (χ4n) is 2.63. The van der Waals surface area contributed by atoms with Gasteiger partial charge in [0.15, 0.2) is 0 Å². The van der Waals surface area contributed by atoms with E-state index in [2.05, 4.69) is 29.6 Å². The zero-order valence-electron chi connectivity index (χ0n) is 12.7. The molecule has 2 N–H and O–H groups in total. The minimum absolute atomic E-state index is 0.707. The van der Waals surface area contributed by atoms with Crippen LogP contribution in [-0.4, -0.2) is 31.9 Å². The zero-order chi connectivity index (χ0) is 14.4. The molecule has 1 aliphatic carbocycles. The third-order valence-corrected chi connectivity index (χ3v) is 4.38. The van der Waals surface area contributed by atoms with Crippen LogP contribution in [0.2, 0.25) is 0 Å². The van der Waals surface area contributed by atoms with Gasteiger partial charge in [-0.15, -0.1) is 0 Å². The van der Waals surface area contributed by atoms with E-state index in [4.69, 9.17) is 4.74 Å². The Balaban J connectivity index is 1.84. The molecule has 0 aromatic heterocycles. The molecular formula is C17H27NO2. The summed E-state index contributed by atoms with van der Waals surface area (Å²) in [4.78, 5) is 0. The molecule has 1 unspecified atom stereocenters. The second-order valence-electron chi connectivity index (χ2n) is 6.02. The number of aliphatic hydroxyl groups is 1. The fourth-order valence-corrected chi connectivity index (χ4v) is 2.63. The van der Waals surface area contributed by atoms with Crippen molar-refractivity contribution in [2.75, 3.05) is 26.8 Å². The van der Waals surface area contributed by atoms with E-state index >= 15 is 0 Å². The number of methoxy groups -OCH3 is 1. The number of rotatable bonds is 8. The quantitative estimate of drug-likeness (QED) is 0.718. The molecule has 1 saturated carbocycles. The lowest BCUT2D eigenvalue weighted by Crippen LogP contribution is -2.29. The minimum atomic E-state index is -0.766. The van der Waals surface area contributed by atoms with Crippen LogP contribution in [-0.2, 0) is 10.3 Å². The molecule has 0 bridgehead atoms. The van der Waals surface area contributed by atoms with Gasteiger partial charge < -0.3 is 15.2 Å². The predicted molar refractivity (Wildman–Crippen MR) is 82.0 cm³/mol. The summed E-state index contributed by atoms with van der Waals surface area (Å²) in [6.07, 6.45) is 4.70. The summed E-state index contributed by atoms with van der Waals surface area (Å²) in [5.41, 5.74) is 1.67. The smallest absolute Gasteiger partial charge is 0.0880 e. The lowest BCUT2D eigenvalue weighted by Gasteiger charge is -2.28. The van der Waals surface area contributed by atoms with Gasteiger partial charge in [0.25, 0.3) is 0 Å². The SMILES string of the molecule is COCCNCCC(C)(O)c1ccc(C2CCC2)cc1. The molecule has 1 aromatic carbocycles. The molecule has 2 rings (SSSR count). The maximum absolute atomic E-state index is 10.6. The highest BCUT2D eigenvalue weighted by Gasteiger charge is 2.24. The highest BCUT2D eigenvalue weighted by molar-refractivity contribution is 5.29. The van der Waals surface area contributed by atoms with Crippen molar-refractivity contribution >= 4 is 0 Å². The zero-order valence-corrected chi connectivity index (χ0v) is 12.7. The summed E-state index contributed by atoms with van der Waals surface area (Å²) in [5, 5.41) is 13.8. The van der Waals surface area contributed by atoms with Gasteiger partial charge in [0.2, 0.25) is 0 Å². The predicted octanol–water partition coefficient (Wildman–Crippen LogP) is 2.79. The molecule has 20 heavy (non-hydrogen) atoms. The Morgan fingerprint density at radius 3 is 2.50 bits per heavy atom. The topological polar surface area (TPSA) is 41.5 Å². The summed E-state index contributed by atoms with van der Waals surface area (Å²) < 4.78 is 4.99. The maximum Gasteiger partial charge on any atom is 0.0880 e. The first-order valence-electron chi connectivity index (χ1n) is 7.66. The number of ether oxygens (including phenoxy) is 1. The van der Waals surface area contributed by atoms with Crippen LogP contribution < -0.4 is 5.32 Å². The molecule has 1 fully saturated rings. The first kappa shape index (κ1) is 15.5. The second kappa shape index (κ2) is 7.21. The van der Waals surface area contributed by atoms with Gasteiger partial charge in [-0.3, -0.25) is 0 Å². The van der Waals surface area contributed by atoms with E-state index < -0.39 is 5.60 Å². The van der Waals surface area contributed by atoms with E-state index in [-0.39, 0.29) is 0 Å². The third kappa shape index (κ3) is 4.05. The van der Waals surface area contributed by atoms with Crippen molar-refractivity contribution in [1.29, 1.82) is 0 Å². The largest absolute Gasteiger partial charge is 0.385 e. The van der Waals surface area contributed by atoms with E-state index in [1.54, 1.807) is 7.11 Å². The van der Waals surface area contributed by atoms with Crippen molar-refractivity contribution in [2.24, 2.45) is 0 Å². The van der Waals surface area contributed by atoms with Gasteiger partial charge in [0.1, 0.15) is 0 Å². The summed E-state index contributed by atoms with van der Waals surface area (Å²) in [5.74, 6) is 0.754. The first-order valence-corrected chi connectivity index (χ1v) is 7.66. The van der Waals surface area contributed by atoms with Crippen molar-refractivity contribution in [3.05, 3.63) is 35.4 Å². The Bertz CT molecular complexity index is 396. The van der Waals surface area contributed by atoms with Gasteiger partial charge in [-0.25, -0.2) is 0 Å². The first-order chi connectivity index (χ1) is 9.63. The van der Waals surface area contributed by atoms with Crippen LogP contribution in [0.4, 0.5) is 0 Å². The Hall–Kier alpha value is -0.900. The summed E-state index contributed by atoms with van der Waals surface area (Å²) in [6, 6.07) is 8.55. The normalized spacial score (nSPS) is 18.6. The monoisotopic (exact) mass is 277 g/mol. The van der Waals surface area contributed by atoms with Crippen molar-refractivity contribution < 1.29 is 9.84 Å². The fraction of sp³-hybridized carbons (Fsp3) is 0.647. The molecule has 1 aromatic rings. The van der Waals surface area contributed by atoms with E-state index in [1.807, 2.05) is 6.92 Å².